The molecule has 5 nitrogen and oxygen atoms in total. The second-order valence-electron chi connectivity index (χ2n) is 6.88. The summed E-state index contributed by atoms with van der Waals surface area (Å²) in [7, 11) is 0. The number of unbranched alkanes of at least 4 members (excludes halogenated alkanes) is 4. The molecule has 0 atom stereocenters. The number of ketones is 1. The molecule has 5 heteroatoms. The van der Waals surface area contributed by atoms with Gasteiger partial charge in [-0.25, -0.2) is 0 Å². The van der Waals surface area contributed by atoms with Gasteiger partial charge in [-0.3, -0.25) is 9.59 Å². The topological polar surface area (TPSA) is 82.3 Å². The van der Waals surface area contributed by atoms with E-state index < -0.39 is 0 Å². The van der Waals surface area contributed by atoms with Crippen molar-refractivity contribution in [1.29, 1.82) is 5.26 Å². The van der Waals surface area contributed by atoms with Gasteiger partial charge in [-0.2, -0.15) is 10.3 Å². The Hall–Kier alpha value is -3.26. The van der Waals surface area contributed by atoms with Crippen molar-refractivity contribution in [2.75, 3.05) is 5.32 Å². The fourth-order valence-corrected chi connectivity index (χ4v) is 3.54. The molecule has 0 bridgehead atoms. The summed E-state index contributed by atoms with van der Waals surface area (Å²) in [4.78, 5) is 29.4. The largest absolute Gasteiger partial charge is 0.325 e. The quantitative estimate of drug-likeness (QED) is 0.475. The van der Waals surface area contributed by atoms with Gasteiger partial charge in [0, 0.05) is 23.1 Å². The maximum absolute atomic E-state index is 13.1. The summed E-state index contributed by atoms with van der Waals surface area (Å²) in [5.41, 5.74) is 3.04. The fraction of sp³-hybridized carbons (Fsp3) is 0.304. The van der Waals surface area contributed by atoms with Crippen molar-refractivity contribution in [3.05, 3.63) is 64.7 Å². The first-order valence-electron chi connectivity index (χ1n) is 9.71. The number of nitrogens with one attached hydrogen (secondary N) is 1. The molecule has 0 aliphatic heterocycles. The van der Waals surface area contributed by atoms with Crippen LogP contribution in [0.3, 0.4) is 0 Å². The van der Waals surface area contributed by atoms with Crippen LogP contribution in [0.15, 0.2) is 47.5 Å². The number of hydrogen-bond acceptors (Lipinski definition) is 4. The van der Waals surface area contributed by atoms with Crippen LogP contribution in [0.2, 0.25) is 0 Å². The standard InChI is InChI=1S/C23H23N3O2/c1-2-3-4-5-6-14-20(27)26-19-13-9-12-18-21(19)23(28)17-11-8-7-10-16(17)22(18)25-15-24/h7-13H,2-6,14H2,1H3,(H,26,27)/b25-22+. The van der Waals surface area contributed by atoms with Crippen molar-refractivity contribution in [3.63, 3.8) is 0 Å². The van der Waals surface area contributed by atoms with Gasteiger partial charge in [0.15, 0.2) is 5.78 Å². The maximum atomic E-state index is 13.1. The van der Waals surface area contributed by atoms with Crippen LogP contribution in [0.5, 0.6) is 0 Å². The first-order chi connectivity index (χ1) is 13.7. The molecule has 2 aromatic rings. The van der Waals surface area contributed by atoms with Gasteiger partial charge in [0.25, 0.3) is 0 Å². The summed E-state index contributed by atoms with van der Waals surface area (Å²) in [5.74, 6) is -0.267. The number of hydrogen-bond donors (Lipinski definition) is 1. The van der Waals surface area contributed by atoms with Gasteiger partial charge in [-0.1, -0.05) is 69.0 Å². The van der Waals surface area contributed by atoms with E-state index in [0.29, 0.717) is 40.1 Å². The lowest BCUT2D eigenvalue weighted by molar-refractivity contribution is -0.116. The van der Waals surface area contributed by atoms with Gasteiger partial charge >= 0.3 is 0 Å². The number of carbonyl (C=O) groups is 2. The van der Waals surface area contributed by atoms with Crippen LogP contribution < -0.4 is 5.32 Å². The van der Waals surface area contributed by atoms with Gasteiger partial charge in [-0.05, 0) is 12.5 Å². The van der Waals surface area contributed by atoms with Gasteiger partial charge in [0.05, 0.1) is 17.0 Å². The number of benzene rings is 2. The number of nitrogens with zero attached hydrogens (tertiary/aromatic N) is 2. The van der Waals surface area contributed by atoms with Gasteiger partial charge in [0.2, 0.25) is 12.1 Å². The van der Waals surface area contributed by atoms with Crippen molar-refractivity contribution in [2.45, 2.75) is 45.4 Å². The SMILES string of the molecule is CCCCCCCC(=O)Nc1cccc2c1C(=O)c1ccccc1/C2=N\C#N. The third kappa shape index (κ3) is 4.01. The molecule has 0 radical (unpaired) electrons. The van der Waals surface area contributed by atoms with Crippen LogP contribution in [-0.4, -0.2) is 17.4 Å². The van der Waals surface area contributed by atoms with Crippen LogP contribution in [0.4, 0.5) is 5.69 Å². The van der Waals surface area contributed by atoms with Crippen LogP contribution >= 0.6 is 0 Å². The first kappa shape index (κ1) is 19.5. The van der Waals surface area contributed by atoms with Crippen molar-refractivity contribution in [2.24, 2.45) is 4.99 Å². The number of fused-ring (bicyclic) bond motifs is 2. The summed E-state index contributed by atoms with van der Waals surface area (Å²) >= 11 is 0. The molecule has 1 aliphatic carbocycles. The maximum Gasteiger partial charge on any atom is 0.224 e. The van der Waals surface area contributed by atoms with Crippen molar-refractivity contribution in [3.8, 4) is 6.19 Å². The zero-order valence-corrected chi connectivity index (χ0v) is 16.0. The van der Waals surface area contributed by atoms with Crippen molar-refractivity contribution in [1.82, 2.24) is 0 Å². The zero-order valence-electron chi connectivity index (χ0n) is 16.0. The van der Waals surface area contributed by atoms with Crippen molar-refractivity contribution >= 4 is 23.1 Å². The lowest BCUT2D eigenvalue weighted by Crippen LogP contribution is -2.24. The summed E-state index contributed by atoms with van der Waals surface area (Å²) in [6, 6.07) is 12.4. The van der Waals surface area contributed by atoms with E-state index in [1.807, 2.05) is 12.3 Å². The molecule has 0 saturated heterocycles. The normalized spacial score (nSPS) is 13.6. The van der Waals surface area contributed by atoms with Gasteiger partial charge < -0.3 is 5.32 Å². The van der Waals surface area contributed by atoms with E-state index in [0.717, 1.165) is 19.3 Å². The molecule has 0 aromatic heterocycles. The number of anilines is 1. The molecular weight excluding hydrogens is 350 g/mol. The van der Waals surface area contributed by atoms with E-state index in [-0.39, 0.29) is 11.7 Å². The second kappa shape index (κ2) is 9.09. The molecule has 0 spiro atoms. The number of nitriles is 1. The lowest BCUT2D eigenvalue weighted by atomic mass is 9.82. The predicted octanol–water partition coefficient (Wildman–Crippen LogP) is 4.85. The molecule has 28 heavy (non-hydrogen) atoms. The smallest absolute Gasteiger partial charge is 0.224 e. The molecule has 1 N–H and O–H groups in total. The molecular formula is C23H23N3O2. The molecule has 0 unspecified atom stereocenters. The highest BCUT2D eigenvalue weighted by molar-refractivity contribution is 6.32. The molecule has 0 saturated carbocycles. The molecule has 2 aromatic carbocycles. The Morgan fingerprint density at radius 3 is 2.46 bits per heavy atom. The van der Waals surface area contributed by atoms with Crippen molar-refractivity contribution < 1.29 is 9.59 Å². The minimum Gasteiger partial charge on any atom is -0.325 e. The Morgan fingerprint density at radius 1 is 1.00 bits per heavy atom. The number of amides is 1. The Balaban J connectivity index is 1.87. The monoisotopic (exact) mass is 373 g/mol. The molecule has 3 rings (SSSR count). The number of aliphatic imine (C=N–C) groups is 1. The average Bonchev–Trinajstić information content (AvgIpc) is 2.71. The van der Waals surface area contributed by atoms with E-state index in [1.165, 1.54) is 12.8 Å². The number of rotatable bonds is 7. The highest BCUT2D eigenvalue weighted by Crippen LogP contribution is 2.32. The van der Waals surface area contributed by atoms with E-state index in [4.69, 9.17) is 5.26 Å². The molecule has 1 aliphatic rings. The van der Waals surface area contributed by atoms with Crippen LogP contribution in [0.1, 0.15) is 72.5 Å². The van der Waals surface area contributed by atoms with E-state index in [2.05, 4.69) is 17.2 Å². The molecule has 1 amide bonds. The predicted molar refractivity (Wildman–Crippen MR) is 110 cm³/mol. The molecule has 0 fully saturated rings. The summed E-state index contributed by atoms with van der Waals surface area (Å²) in [5, 5.41) is 12.0. The van der Waals surface area contributed by atoms with E-state index >= 15 is 0 Å². The Labute approximate surface area is 165 Å². The third-order valence-corrected chi connectivity index (χ3v) is 4.92. The highest BCUT2D eigenvalue weighted by Gasteiger charge is 2.30. The minimum atomic E-state index is -0.165. The third-order valence-electron chi connectivity index (χ3n) is 4.92. The van der Waals surface area contributed by atoms with Gasteiger partial charge in [0.1, 0.15) is 0 Å². The summed E-state index contributed by atoms with van der Waals surface area (Å²) in [6.45, 7) is 2.16. The second-order valence-corrected chi connectivity index (χ2v) is 6.88. The minimum absolute atomic E-state index is 0.102. The fourth-order valence-electron chi connectivity index (χ4n) is 3.54. The van der Waals surface area contributed by atoms with E-state index in [1.54, 1.807) is 36.4 Å². The highest BCUT2D eigenvalue weighted by atomic mass is 16.1. The Bertz CT molecular complexity index is 970. The Kier molecular flexibility index (Phi) is 6.33. The zero-order chi connectivity index (χ0) is 19.9. The average molecular weight is 373 g/mol. The molecule has 0 heterocycles. The summed E-state index contributed by atoms with van der Waals surface area (Å²) < 4.78 is 0. The van der Waals surface area contributed by atoms with Crippen LogP contribution in [-0.2, 0) is 4.79 Å². The molecule has 142 valence electrons. The summed E-state index contributed by atoms with van der Waals surface area (Å²) in [6.07, 6.45) is 7.60. The first-order valence-corrected chi connectivity index (χ1v) is 9.71. The Morgan fingerprint density at radius 2 is 1.71 bits per heavy atom. The lowest BCUT2D eigenvalue weighted by Gasteiger charge is -2.22. The number of carbonyl (C=O) groups excluding carboxylic acids is 2. The van der Waals surface area contributed by atoms with Gasteiger partial charge in [-0.15, -0.1) is 0 Å². The van der Waals surface area contributed by atoms with E-state index in [9.17, 15) is 9.59 Å². The van der Waals surface area contributed by atoms with Crippen LogP contribution in [0.25, 0.3) is 0 Å². The van der Waals surface area contributed by atoms with Crippen LogP contribution in [0, 0.1) is 11.5 Å².